The summed E-state index contributed by atoms with van der Waals surface area (Å²) in [6.45, 7) is 0.767. The molecule has 1 saturated heterocycles. The Morgan fingerprint density at radius 3 is 2.82 bits per heavy atom. The summed E-state index contributed by atoms with van der Waals surface area (Å²) in [5.41, 5.74) is 5.08. The molecule has 6 heteroatoms. The molecule has 0 radical (unpaired) electrons. The maximum atomic E-state index is 13.3. The molecule has 1 aromatic heterocycles. The zero-order chi connectivity index (χ0) is 19.3. The molecule has 2 heterocycles. The molecule has 0 spiro atoms. The van der Waals surface area contributed by atoms with Crippen LogP contribution in [-0.2, 0) is 6.42 Å². The van der Waals surface area contributed by atoms with E-state index in [1.54, 1.807) is 18.5 Å². The van der Waals surface area contributed by atoms with E-state index < -0.39 is 5.97 Å². The Balaban J connectivity index is 1.46. The van der Waals surface area contributed by atoms with Crippen molar-refractivity contribution in [3.63, 3.8) is 0 Å². The predicted molar refractivity (Wildman–Crippen MR) is 105 cm³/mol. The summed E-state index contributed by atoms with van der Waals surface area (Å²) in [6.07, 6.45) is 5.31. The number of fused-ring (bicyclic) bond motifs is 4. The molecule has 1 fully saturated rings. The van der Waals surface area contributed by atoms with E-state index in [1.165, 1.54) is 5.56 Å². The van der Waals surface area contributed by atoms with Gasteiger partial charge in [0.25, 0.3) is 5.91 Å². The van der Waals surface area contributed by atoms with Crippen LogP contribution >= 0.6 is 0 Å². The number of hydrogen-bond donors (Lipinski definition) is 2. The first-order chi connectivity index (χ1) is 13.6. The summed E-state index contributed by atoms with van der Waals surface area (Å²) >= 11 is 0. The number of nitrogens with one attached hydrogen (secondary N) is 1. The molecule has 1 aliphatic carbocycles. The second-order valence-corrected chi connectivity index (χ2v) is 7.71. The molecule has 2 aromatic carbocycles. The van der Waals surface area contributed by atoms with Crippen molar-refractivity contribution in [1.29, 1.82) is 0 Å². The van der Waals surface area contributed by atoms with Crippen LogP contribution in [0.1, 0.15) is 57.0 Å². The van der Waals surface area contributed by atoms with Crippen molar-refractivity contribution in [3.05, 3.63) is 65.0 Å². The number of H-pyrrole nitrogens is 1. The van der Waals surface area contributed by atoms with Gasteiger partial charge in [0, 0.05) is 24.1 Å². The average Bonchev–Trinajstić information content (AvgIpc) is 3.20. The Morgan fingerprint density at radius 1 is 1.11 bits per heavy atom. The maximum Gasteiger partial charge on any atom is 0.335 e. The first-order valence-electron chi connectivity index (χ1n) is 9.72. The van der Waals surface area contributed by atoms with Crippen LogP contribution in [0.3, 0.4) is 0 Å². The topological polar surface area (TPSA) is 86.3 Å². The van der Waals surface area contributed by atoms with Crippen LogP contribution in [0.5, 0.6) is 0 Å². The van der Waals surface area contributed by atoms with Gasteiger partial charge in [0.2, 0.25) is 0 Å². The summed E-state index contributed by atoms with van der Waals surface area (Å²) in [4.78, 5) is 33.9. The Hall–Kier alpha value is -3.15. The number of carbonyl (C=O) groups is 2. The van der Waals surface area contributed by atoms with Gasteiger partial charge in [-0.3, -0.25) is 4.79 Å². The lowest BCUT2D eigenvalue weighted by molar-refractivity contribution is 0.0547. The van der Waals surface area contributed by atoms with Crippen molar-refractivity contribution < 1.29 is 14.7 Å². The lowest BCUT2D eigenvalue weighted by atomic mass is 9.74. The minimum Gasteiger partial charge on any atom is -0.478 e. The number of nitrogens with zero attached hydrogens (tertiary/aromatic N) is 2. The quantitative estimate of drug-likeness (QED) is 0.717. The highest BCUT2D eigenvalue weighted by atomic mass is 16.4. The Kier molecular flexibility index (Phi) is 3.93. The lowest BCUT2D eigenvalue weighted by Gasteiger charge is -2.45. The molecule has 2 atom stereocenters. The summed E-state index contributed by atoms with van der Waals surface area (Å²) in [7, 11) is 0. The van der Waals surface area contributed by atoms with Gasteiger partial charge in [-0.05, 0) is 67.1 Å². The Morgan fingerprint density at radius 2 is 1.96 bits per heavy atom. The van der Waals surface area contributed by atoms with Gasteiger partial charge in [-0.1, -0.05) is 6.07 Å². The number of aromatic amines is 1. The molecule has 142 valence electrons. The molecule has 1 amide bonds. The first kappa shape index (κ1) is 17.0. The number of imidazole rings is 1. The zero-order valence-corrected chi connectivity index (χ0v) is 15.4. The highest BCUT2D eigenvalue weighted by Crippen LogP contribution is 2.41. The van der Waals surface area contributed by atoms with E-state index in [0.717, 1.165) is 48.8 Å². The minimum absolute atomic E-state index is 0.0665. The number of hydrogen-bond acceptors (Lipinski definition) is 3. The third kappa shape index (κ3) is 2.68. The van der Waals surface area contributed by atoms with Crippen LogP contribution in [0.4, 0.5) is 0 Å². The summed E-state index contributed by atoms with van der Waals surface area (Å²) in [5, 5.41) is 9.26. The number of aryl methyl sites for hydroxylation is 1. The first-order valence-corrected chi connectivity index (χ1v) is 9.72. The smallest absolute Gasteiger partial charge is 0.335 e. The van der Waals surface area contributed by atoms with Crippen LogP contribution in [0, 0.1) is 0 Å². The number of amides is 1. The summed E-state index contributed by atoms with van der Waals surface area (Å²) in [5.74, 6) is -0.545. The molecular weight excluding hydrogens is 354 g/mol. The second-order valence-electron chi connectivity index (χ2n) is 7.71. The zero-order valence-electron chi connectivity index (χ0n) is 15.4. The van der Waals surface area contributed by atoms with Crippen molar-refractivity contribution in [2.45, 2.75) is 37.6 Å². The normalized spacial score (nSPS) is 21.2. The number of aromatic nitrogens is 2. The fraction of sp³-hybridized carbons (Fsp3) is 0.318. The van der Waals surface area contributed by atoms with Crippen molar-refractivity contribution in [2.24, 2.45) is 0 Å². The number of benzene rings is 2. The summed E-state index contributed by atoms with van der Waals surface area (Å²) in [6, 6.07) is 11.2. The van der Waals surface area contributed by atoms with Crippen molar-refractivity contribution in [1.82, 2.24) is 14.9 Å². The number of rotatable bonds is 2. The van der Waals surface area contributed by atoms with E-state index in [1.807, 2.05) is 29.2 Å². The molecule has 6 nitrogen and oxygen atoms in total. The average molecular weight is 375 g/mol. The van der Waals surface area contributed by atoms with E-state index in [-0.39, 0.29) is 17.9 Å². The van der Waals surface area contributed by atoms with Crippen molar-refractivity contribution >= 4 is 22.9 Å². The highest BCUT2D eigenvalue weighted by Gasteiger charge is 2.38. The van der Waals surface area contributed by atoms with Gasteiger partial charge >= 0.3 is 5.97 Å². The van der Waals surface area contributed by atoms with Gasteiger partial charge in [0.1, 0.15) is 0 Å². The number of aromatic carboxylic acids is 1. The predicted octanol–water partition coefficient (Wildman–Crippen LogP) is 3.60. The van der Waals surface area contributed by atoms with E-state index in [9.17, 15) is 14.7 Å². The third-order valence-corrected chi connectivity index (χ3v) is 6.21. The van der Waals surface area contributed by atoms with Gasteiger partial charge in [-0.25, -0.2) is 9.78 Å². The van der Waals surface area contributed by atoms with Gasteiger partial charge < -0.3 is 15.0 Å². The molecule has 2 aliphatic rings. The Bertz CT molecular complexity index is 1090. The van der Waals surface area contributed by atoms with Crippen LogP contribution in [-0.4, -0.2) is 44.4 Å². The molecule has 5 rings (SSSR count). The molecule has 28 heavy (non-hydrogen) atoms. The lowest BCUT2D eigenvalue weighted by Crippen LogP contribution is -2.49. The van der Waals surface area contributed by atoms with Gasteiger partial charge in [0.05, 0.1) is 22.9 Å². The van der Waals surface area contributed by atoms with Crippen molar-refractivity contribution in [2.75, 3.05) is 6.54 Å². The third-order valence-electron chi connectivity index (χ3n) is 6.21. The van der Waals surface area contributed by atoms with Gasteiger partial charge in [0.15, 0.2) is 0 Å². The largest absolute Gasteiger partial charge is 0.478 e. The second kappa shape index (κ2) is 6.48. The van der Waals surface area contributed by atoms with Crippen LogP contribution < -0.4 is 0 Å². The van der Waals surface area contributed by atoms with E-state index in [0.29, 0.717) is 11.1 Å². The summed E-state index contributed by atoms with van der Waals surface area (Å²) < 4.78 is 0. The maximum absolute atomic E-state index is 13.3. The highest BCUT2D eigenvalue weighted by molar-refractivity contribution is 5.97. The number of likely N-dealkylation sites (tertiary alicyclic amines) is 1. The fourth-order valence-electron chi connectivity index (χ4n) is 4.88. The van der Waals surface area contributed by atoms with Crippen molar-refractivity contribution in [3.8, 4) is 0 Å². The molecule has 1 aliphatic heterocycles. The monoisotopic (exact) mass is 375 g/mol. The fourth-order valence-corrected chi connectivity index (χ4v) is 4.88. The SMILES string of the molecule is O=C(O)c1ccc2c(c1)CC[C@@H]1[C@H]2CCCN1C(=O)c1ccc2nc[nH]c2c1. The molecule has 0 bridgehead atoms. The van der Waals surface area contributed by atoms with Crippen LogP contribution in [0.15, 0.2) is 42.7 Å². The number of carbonyl (C=O) groups excluding carboxylic acids is 1. The van der Waals surface area contributed by atoms with E-state index in [2.05, 4.69) is 9.97 Å². The molecule has 0 saturated carbocycles. The standard InChI is InChI=1S/C22H21N3O3/c26-21(14-4-7-18-19(11-14)24-12-23-18)25-9-1-2-17-16-6-3-15(22(27)28)10-13(16)5-8-20(17)25/h3-4,6-7,10-12,17,20H,1-2,5,8-9H2,(H,23,24)(H,27,28)/t17-,20+/m0/s1. The molecular formula is C22H21N3O3. The number of carboxylic acids is 1. The van der Waals surface area contributed by atoms with Gasteiger partial charge in [-0.15, -0.1) is 0 Å². The number of carboxylic acid groups (broad SMARTS) is 1. The van der Waals surface area contributed by atoms with Gasteiger partial charge in [-0.2, -0.15) is 0 Å². The van der Waals surface area contributed by atoms with E-state index >= 15 is 0 Å². The van der Waals surface area contributed by atoms with Crippen LogP contribution in [0.2, 0.25) is 0 Å². The Labute approximate surface area is 162 Å². The minimum atomic E-state index is -0.889. The van der Waals surface area contributed by atoms with E-state index in [4.69, 9.17) is 0 Å². The molecule has 0 unspecified atom stereocenters. The van der Waals surface area contributed by atoms with Crippen LogP contribution in [0.25, 0.3) is 11.0 Å². The molecule has 3 aromatic rings. The number of piperidine rings is 1. The molecule has 2 N–H and O–H groups in total.